The number of aryl methyl sites for hydroxylation is 3. The van der Waals surface area contributed by atoms with Gasteiger partial charge in [-0.1, -0.05) is 23.9 Å². The van der Waals surface area contributed by atoms with Crippen molar-refractivity contribution in [1.29, 1.82) is 0 Å². The van der Waals surface area contributed by atoms with E-state index in [1.807, 2.05) is 45.9 Å². The van der Waals surface area contributed by atoms with Gasteiger partial charge in [-0.25, -0.2) is 4.98 Å². The van der Waals surface area contributed by atoms with E-state index < -0.39 is 0 Å². The van der Waals surface area contributed by atoms with Crippen molar-refractivity contribution < 1.29 is 4.79 Å². The zero-order valence-electron chi connectivity index (χ0n) is 14.5. The fourth-order valence-corrected chi connectivity index (χ4v) is 4.26. The number of thiophene rings is 1. The van der Waals surface area contributed by atoms with Gasteiger partial charge in [0.25, 0.3) is 5.56 Å². The van der Waals surface area contributed by atoms with Gasteiger partial charge in [0.2, 0.25) is 5.91 Å². The van der Waals surface area contributed by atoms with E-state index in [1.54, 1.807) is 0 Å². The van der Waals surface area contributed by atoms with Gasteiger partial charge in [-0.15, -0.1) is 11.3 Å². The second kappa shape index (κ2) is 7.01. The summed E-state index contributed by atoms with van der Waals surface area (Å²) in [6.45, 7) is 7.89. The third kappa shape index (κ3) is 3.62. The molecule has 130 valence electrons. The maximum atomic E-state index is 12.2. The quantitative estimate of drug-likeness (QED) is 0.536. The molecule has 1 amide bonds. The van der Waals surface area contributed by atoms with Crippen LogP contribution in [0.25, 0.3) is 10.2 Å². The molecular formula is C18H19N3O2S2. The van der Waals surface area contributed by atoms with Crippen molar-refractivity contribution >= 4 is 44.9 Å². The van der Waals surface area contributed by atoms with Crippen molar-refractivity contribution in [2.75, 3.05) is 11.1 Å². The number of thioether (sulfide) groups is 1. The van der Waals surface area contributed by atoms with E-state index >= 15 is 0 Å². The number of H-pyrrole nitrogens is 1. The first-order valence-electron chi connectivity index (χ1n) is 7.85. The van der Waals surface area contributed by atoms with E-state index in [9.17, 15) is 9.59 Å². The summed E-state index contributed by atoms with van der Waals surface area (Å²) < 4.78 is 0. The highest BCUT2D eigenvalue weighted by molar-refractivity contribution is 7.99. The van der Waals surface area contributed by atoms with Crippen LogP contribution in [0.15, 0.2) is 28.2 Å². The van der Waals surface area contributed by atoms with Crippen molar-refractivity contribution in [3.8, 4) is 0 Å². The zero-order valence-corrected chi connectivity index (χ0v) is 16.2. The number of carbonyl (C=O) groups excluding carboxylic acids is 1. The van der Waals surface area contributed by atoms with Gasteiger partial charge in [-0.2, -0.15) is 0 Å². The molecule has 0 saturated carbocycles. The van der Waals surface area contributed by atoms with Gasteiger partial charge in [-0.05, 0) is 50.5 Å². The lowest BCUT2D eigenvalue weighted by Gasteiger charge is -2.10. The number of aromatic amines is 1. The number of carbonyl (C=O) groups is 1. The Morgan fingerprint density at radius 2 is 2.00 bits per heavy atom. The van der Waals surface area contributed by atoms with Crippen molar-refractivity contribution in [1.82, 2.24) is 9.97 Å². The Morgan fingerprint density at radius 1 is 1.24 bits per heavy atom. The average molecular weight is 374 g/mol. The highest BCUT2D eigenvalue weighted by Crippen LogP contribution is 2.27. The van der Waals surface area contributed by atoms with Crippen molar-refractivity contribution in [2.45, 2.75) is 32.9 Å². The molecule has 0 bridgehead atoms. The van der Waals surface area contributed by atoms with Crippen molar-refractivity contribution in [3.05, 3.63) is 50.1 Å². The molecule has 5 nitrogen and oxygen atoms in total. The topological polar surface area (TPSA) is 74.8 Å². The number of rotatable bonds is 4. The lowest BCUT2D eigenvalue weighted by molar-refractivity contribution is -0.113. The number of benzene rings is 1. The predicted octanol–water partition coefficient (Wildman–Crippen LogP) is 3.95. The van der Waals surface area contributed by atoms with E-state index in [1.165, 1.54) is 23.1 Å². The minimum atomic E-state index is -0.149. The van der Waals surface area contributed by atoms with E-state index in [0.29, 0.717) is 10.5 Å². The molecule has 2 aromatic heterocycles. The maximum Gasteiger partial charge on any atom is 0.260 e. The van der Waals surface area contributed by atoms with E-state index in [2.05, 4.69) is 15.3 Å². The summed E-state index contributed by atoms with van der Waals surface area (Å²) in [6.07, 6.45) is 0. The standard InChI is InChI=1S/C18H19N3O2S2/c1-9-6-5-7-13(10(9)2)19-14(22)8-24-18-20-16(23)15-11(3)12(4)25-17(15)21-18/h5-7H,8H2,1-4H3,(H,19,22)(H,20,21,23). The van der Waals surface area contributed by atoms with Gasteiger partial charge < -0.3 is 10.3 Å². The minimum Gasteiger partial charge on any atom is -0.325 e. The predicted molar refractivity (Wildman–Crippen MR) is 105 cm³/mol. The molecule has 0 saturated heterocycles. The summed E-state index contributed by atoms with van der Waals surface area (Å²) in [4.78, 5) is 33.5. The molecule has 0 radical (unpaired) electrons. The highest BCUT2D eigenvalue weighted by atomic mass is 32.2. The van der Waals surface area contributed by atoms with Gasteiger partial charge in [0.1, 0.15) is 4.83 Å². The second-order valence-electron chi connectivity index (χ2n) is 5.92. The van der Waals surface area contributed by atoms with Gasteiger partial charge in [0, 0.05) is 10.6 Å². The Kier molecular flexibility index (Phi) is 4.96. The summed E-state index contributed by atoms with van der Waals surface area (Å²) in [5.74, 6) is 0.0607. The monoisotopic (exact) mass is 373 g/mol. The first-order valence-corrected chi connectivity index (χ1v) is 9.66. The maximum absolute atomic E-state index is 12.2. The van der Waals surface area contributed by atoms with Crippen LogP contribution in [0.5, 0.6) is 0 Å². The molecule has 25 heavy (non-hydrogen) atoms. The number of hydrogen-bond donors (Lipinski definition) is 2. The molecule has 2 N–H and O–H groups in total. The number of anilines is 1. The number of fused-ring (bicyclic) bond motifs is 1. The largest absolute Gasteiger partial charge is 0.325 e. The Morgan fingerprint density at radius 3 is 2.76 bits per heavy atom. The zero-order chi connectivity index (χ0) is 18.1. The molecule has 0 atom stereocenters. The van der Waals surface area contributed by atoms with Crippen LogP contribution in [0.2, 0.25) is 0 Å². The van der Waals surface area contributed by atoms with Crippen LogP contribution in [-0.4, -0.2) is 21.6 Å². The second-order valence-corrected chi connectivity index (χ2v) is 8.09. The Hall–Kier alpha value is -2.12. The third-order valence-corrected chi connectivity index (χ3v) is 6.21. The summed E-state index contributed by atoms with van der Waals surface area (Å²) in [5.41, 5.74) is 3.82. The van der Waals surface area contributed by atoms with Gasteiger partial charge in [-0.3, -0.25) is 9.59 Å². The summed E-state index contributed by atoms with van der Waals surface area (Å²) in [6, 6.07) is 5.81. The van der Waals surface area contributed by atoms with Crippen LogP contribution < -0.4 is 10.9 Å². The summed E-state index contributed by atoms with van der Waals surface area (Å²) in [5, 5.41) is 4.02. The molecule has 0 fully saturated rings. The molecule has 0 spiro atoms. The van der Waals surface area contributed by atoms with Crippen LogP contribution in [0.4, 0.5) is 5.69 Å². The minimum absolute atomic E-state index is 0.125. The van der Waals surface area contributed by atoms with E-state index in [-0.39, 0.29) is 17.2 Å². The molecule has 0 aliphatic heterocycles. The van der Waals surface area contributed by atoms with Gasteiger partial charge >= 0.3 is 0 Å². The Bertz CT molecular complexity index is 1020. The molecule has 2 heterocycles. The molecule has 1 aromatic carbocycles. The number of nitrogens with one attached hydrogen (secondary N) is 2. The molecule has 7 heteroatoms. The molecule has 3 rings (SSSR count). The fraction of sp³-hybridized carbons (Fsp3) is 0.278. The number of amides is 1. The average Bonchev–Trinajstić information content (AvgIpc) is 2.85. The normalized spacial score (nSPS) is 11.0. The number of hydrogen-bond acceptors (Lipinski definition) is 5. The van der Waals surface area contributed by atoms with E-state index in [0.717, 1.165) is 32.1 Å². The molecule has 0 aliphatic rings. The Labute approximate surface area is 153 Å². The first kappa shape index (κ1) is 17.7. The van der Waals surface area contributed by atoms with Gasteiger partial charge in [0.15, 0.2) is 5.16 Å². The van der Waals surface area contributed by atoms with Crippen molar-refractivity contribution in [3.63, 3.8) is 0 Å². The smallest absolute Gasteiger partial charge is 0.260 e. The third-order valence-electron chi connectivity index (χ3n) is 4.24. The highest BCUT2D eigenvalue weighted by Gasteiger charge is 2.13. The van der Waals surface area contributed by atoms with Crippen molar-refractivity contribution in [2.24, 2.45) is 0 Å². The number of nitrogens with zero attached hydrogens (tertiary/aromatic N) is 1. The van der Waals surface area contributed by atoms with Gasteiger partial charge in [0.05, 0.1) is 11.1 Å². The lowest BCUT2D eigenvalue weighted by Crippen LogP contribution is -2.16. The van der Waals surface area contributed by atoms with E-state index in [4.69, 9.17) is 0 Å². The fourth-order valence-electron chi connectivity index (χ4n) is 2.51. The molecule has 0 unspecified atom stereocenters. The first-order chi connectivity index (χ1) is 11.9. The number of aromatic nitrogens is 2. The molecule has 3 aromatic rings. The van der Waals surface area contributed by atoms with Crippen LogP contribution in [0, 0.1) is 27.7 Å². The van der Waals surface area contributed by atoms with Crippen LogP contribution in [-0.2, 0) is 4.79 Å². The SMILES string of the molecule is Cc1cccc(NC(=O)CSc2nc3sc(C)c(C)c3c(=O)[nH]2)c1C. The van der Waals surface area contributed by atoms with Crippen LogP contribution in [0.3, 0.4) is 0 Å². The molecular weight excluding hydrogens is 354 g/mol. The van der Waals surface area contributed by atoms with Crippen LogP contribution in [0.1, 0.15) is 21.6 Å². The lowest BCUT2D eigenvalue weighted by atomic mass is 10.1. The Balaban J connectivity index is 1.73. The summed E-state index contributed by atoms with van der Waals surface area (Å²) >= 11 is 2.73. The summed E-state index contributed by atoms with van der Waals surface area (Å²) in [7, 11) is 0. The molecule has 0 aliphatic carbocycles. The van der Waals surface area contributed by atoms with Crippen LogP contribution >= 0.6 is 23.1 Å².